The number of aryl methyl sites for hydroxylation is 1. The normalized spacial score (nSPS) is 13.8. The molecule has 0 saturated carbocycles. The predicted octanol–water partition coefficient (Wildman–Crippen LogP) is 3.11. The highest BCUT2D eigenvalue weighted by molar-refractivity contribution is 7.07. The molecule has 0 aliphatic rings. The number of carbonyl (C=O) groups excluding carboxylic acids is 1. The second kappa shape index (κ2) is 7.28. The molecule has 1 aromatic rings. The molecule has 0 radical (unpaired) electrons. The van der Waals surface area contributed by atoms with Gasteiger partial charge in [-0.1, -0.05) is 13.3 Å². The van der Waals surface area contributed by atoms with Crippen LogP contribution in [0.1, 0.15) is 38.7 Å². The molecule has 1 unspecified atom stereocenters. The number of thiophene rings is 1. The Bertz CT molecular complexity index is 413. The van der Waals surface area contributed by atoms with E-state index in [9.17, 15) is 14.7 Å². The van der Waals surface area contributed by atoms with E-state index >= 15 is 0 Å². The minimum Gasteiger partial charge on any atom is -0.480 e. The zero-order valence-corrected chi connectivity index (χ0v) is 12.2. The average Bonchev–Trinajstić information content (AvgIpc) is 2.87. The van der Waals surface area contributed by atoms with E-state index in [2.05, 4.69) is 0 Å². The Labute approximate surface area is 117 Å². The van der Waals surface area contributed by atoms with Crippen LogP contribution in [-0.4, -0.2) is 23.7 Å². The first-order valence-electron chi connectivity index (χ1n) is 6.48. The standard InChI is InChI=1S/C14H20O4S/c1-3-7-14(12(15)16,13(17)18-4-2)8-5-11-6-9-19-10-11/h6,9-10H,3-5,7-8H2,1-2H3,(H,15,16). The number of hydrogen-bond acceptors (Lipinski definition) is 4. The van der Waals surface area contributed by atoms with Gasteiger partial charge in [-0.15, -0.1) is 0 Å². The molecule has 1 atom stereocenters. The molecule has 0 bridgehead atoms. The Balaban J connectivity index is 2.88. The van der Waals surface area contributed by atoms with Gasteiger partial charge in [-0.2, -0.15) is 11.3 Å². The van der Waals surface area contributed by atoms with Crippen LogP contribution < -0.4 is 0 Å². The van der Waals surface area contributed by atoms with Crippen LogP contribution in [0.25, 0.3) is 0 Å². The molecule has 0 saturated heterocycles. The van der Waals surface area contributed by atoms with E-state index in [-0.39, 0.29) is 13.0 Å². The number of carboxylic acid groups (broad SMARTS) is 1. The fourth-order valence-corrected chi connectivity index (χ4v) is 2.82. The lowest BCUT2D eigenvalue weighted by Crippen LogP contribution is -2.41. The summed E-state index contributed by atoms with van der Waals surface area (Å²) < 4.78 is 4.97. The topological polar surface area (TPSA) is 63.6 Å². The van der Waals surface area contributed by atoms with Crippen molar-refractivity contribution >= 4 is 23.3 Å². The van der Waals surface area contributed by atoms with Crippen LogP contribution in [0.15, 0.2) is 16.8 Å². The fraction of sp³-hybridized carbons (Fsp3) is 0.571. The van der Waals surface area contributed by atoms with Gasteiger partial charge in [0.2, 0.25) is 0 Å². The Morgan fingerprint density at radius 2 is 2.11 bits per heavy atom. The smallest absolute Gasteiger partial charge is 0.323 e. The lowest BCUT2D eigenvalue weighted by Gasteiger charge is -2.26. The molecule has 4 nitrogen and oxygen atoms in total. The molecule has 1 heterocycles. The lowest BCUT2D eigenvalue weighted by atomic mass is 9.78. The summed E-state index contributed by atoms with van der Waals surface area (Å²) >= 11 is 1.57. The molecule has 0 aromatic carbocycles. The van der Waals surface area contributed by atoms with Crippen LogP contribution in [0.5, 0.6) is 0 Å². The molecular formula is C14H20O4S. The Kier molecular flexibility index (Phi) is 6.02. The number of esters is 1. The summed E-state index contributed by atoms with van der Waals surface area (Å²) in [6, 6.07) is 1.95. The van der Waals surface area contributed by atoms with E-state index in [0.717, 1.165) is 5.56 Å². The second-order valence-corrected chi connectivity index (χ2v) is 5.27. The third kappa shape index (κ3) is 3.80. The number of rotatable bonds is 8. The van der Waals surface area contributed by atoms with Crippen molar-refractivity contribution in [2.24, 2.45) is 5.41 Å². The maximum absolute atomic E-state index is 12.1. The van der Waals surface area contributed by atoms with Crippen molar-refractivity contribution in [3.8, 4) is 0 Å². The molecular weight excluding hydrogens is 264 g/mol. The molecule has 106 valence electrons. The van der Waals surface area contributed by atoms with Gasteiger partial charge in [0.05, 0.1) is 6.61 Å². The van der Waals surface area contributed by atoms with Crippen molar-refractivity contribution in [2.75, 3.05) is 6.61 Å². The van der Waals surface area contributed by atoms with E-state index < -0.39 is 17.4 Å². The molecule has 0 aliphatic carbocycles. The summed E-state index contributed by atoms with van der Waals surface area (Å²) in [6.45, 7) is 3.77. The van der Waals surface area contributed by atoms with Gasteiger partial charge in [-0.05, 0) is 48.6 Å². The van der Waals surface area contributed by atoms with Crippen LogP contribution in [-0.2, 0) is 20.7 Å². The fourth-order valence-electron chi connectivity index (χ4n) is 2.12. The summed E-state index contributed by atoms with van der Waals surface area (Å²) in [5.74, 6) is -1.69. The highest BCUT2D eigenvalue weighted by Crippen LogP contribution is 2.32. The molecule has 1 N–H and O–H groups in total. The number of carboxylic acids is 1. The molecule has 19 heavy (non-hydrogen) atoms. The predicted molar refractivity (Wildman–Crippen MR) is 74.2 cm³/mol. The summed E-state index contributed by atoms with van der Waals surface area (Å²) in [5, 5.41) is 13.4. The second-order valence-electron chi connectivity index (χ2n) is 4.49. The van der Waals surface area contributed by atoms with Crippen LogP contribution in [0.4, 0.5) is 0 Å². The number of carbonyl (C=O) groups is 2. The third-order valence-electron chi connectivity index (χ3n) is 3.17. The lowest BCUT2D eigenvalue weighted by molar-refractivity contribution is -0.169. The molecule has 1 rings (SSSR count). The quantitative estimate of drug-likeness (QED) is 0.588. The van der Waals surface area contributed by atoms with Crippen molar-refractivity contribution in [3.63, 3.8) is 0 Å². The van der Waals surface area contributed by atoms with Gasteiger partial charge in [-0.25, -0.2) is 0 Å². The van der Waals surface area contributed by atoms with Gasteiger partial charge >= 0.3 is 11.9 Å². The van der Waals surface area contributed by atoms with Crippen molar-refractivity contribution in [1.29, 1.82) is 0 Å². The SMILES string of the molecule is CCCC(CCc1ccsc1)(C(=O)O)C(=O)OCC. The van der Waals surface area contributed by atoms with Crippen molar-refractivity contribution < 1.29 is 19.4 Å². The third-order valence-corrected chi connectivity index (χ3v) is 3.90. The van der Waals surface area contributed by atoms with Gasteiger partial charge in [0.25, 0.3) is 0 Å². The Hall–Kier alpha value is -1.36. The maximum atomic E-state index is 12.1. The van der Waals surface area contributed by atoms with E-state index in [1.165, 1.54) is 0 Å². The summed E-state index contributed by atoms with van der Waals surface area (Å²) in [6.07, 6.45) is 1.81. The maximum Gasteiger partial charge on any atom is 0.323 e. The molecule has 0 fully saturated rings. The molecule has 0 aliphatic heterocycles. The van der Waals surface area contributed by atoms with Gasteiger partial charge in [-0.3, -0.25) is 9.59 Å². The first-order chi connectivity index (χ1) is 9.06. The minimum absolute atomic E-state index is 0.204. The van der Waals surface area contributed by atoms with Crippen LogP contribution in [0.3, 0.4) is 0 Å². The molecule has 5 heteroatoms. The average molecular weight is 284 g/mol. The minimum atomic E-state index is -1.41. The Morgan fingerprint density at radius 1 is 1.37 bits per heavy atom. The number of hydrogen-bond donors (Lipinski definition) is 1. The van der Waals surface area contributed by atoms with Gasteiger partial charge in [0, 0.05) is 0 Å². The van der Waals surface area contributed by atoms with E-state index in [4.69, 9.17) is 4.74 Å². The summed E-state index contributed by atoms with van der Waals surface area (Å²) in [4.78, 5) is 23.6. The first-order valence-corrected chi connectivity index (χ1v) is 7.42. The van der Waals surface area contributed by atoms with E-state index in [0.29, 0.717) is 19.3 Å². The van der Waals surface area contributed by atoms with Gasteiger partial charge < -0.3 is 9.84 Å². The van der Waals surface area contributed by atoms with Crippen molar-refractivity contribution in [3.05, 3.63) is 22.4 Å². The zero-order chi connectivity index (χ0) is 14.3. The molecule has 1 aromatic heterocycles. The van der Waals surface area contributed by atoms with Gasteiger partial charge in [0.15, 0.2) is 5.41 Å². The zero-order valence-electron chi connectivity index (χ0n) is 11.3. The van der Waals surface area contributed by atoms with Crippen LogP contribution in [0, 0.1) is 5.41 Å². The monoisotopic (exact) mass is 284 g/mol. The number of aliphatic carboxylic acids is 1. The van der Waals surface area contributed by atoms with E-state index in [1.807, 2.05) is 23.8 Å². The molecule has 0 amide bonds. The largest absolute Gasteiger partial charge is 0.480 e. The first kappa shape index (κ1) is 15.7. The van der Waals surface area contributed by atoms with Crippen LogP contribution >= 0.6 is 11.3 Å². The van der Waals surface area contributed by atoms with Crippen molar-refractivity contribution in [1.82, 2.24) is 0 Å². The van der Waals surface area contributed by atoms with Crippen molar-refractivity contribution in [2.45, 2.75) is 39.5 Å². The van der Waals surface area contributed by atoms with E-state index in [1.54, 1.807) is 18.3 Å². The van der Waals surface area contributed by atoms with Crippen LogP contribution in [0.2, 0.25) is 0 Å². The summed E-state index contributed by atoms with van der Waals surface area (Å²) in [5.41, 5.74) is -0.344. The highest BCUT2D eigenvalue weighted by atomic mass is 32.1. The highest BCUT2D eigenvalue weighted by Gasteiger charge is 2.46. The number of ether oxygens (including phenoxy) is 1. The Morgan fingerprint density at radius 3 is 2.58 bits per heavy atom. The molecule has 0 spiro atoms. The summed E-state index contributed by atoms with van der Waals surface area (Å²) in [7, 11) is 0. The van der Waals surface area contributed by atoms with Gasteiger partial charge in [0.1, 0.15) is 0 Å².